The van der Waals surface area contributed by atoms with Crippen molar-refractivity contribution in [2.24, 2.45) is 5.92 Å². The van der Waals surface area contributed by atoms with Crippen LogP contribution in [0.15, 0.2) is 30.5 Å². The van der Waals surface area contributed by atoms with Gasteiger partial charge in [0, 0.05) is 24.4 Å². The number of hydrogen-bond acceptors (Lipinski definition) is 4. The third-order valence-electron chi connectivity index (χ3n) is 6.20. The lowest BCUT2D eigenvalue weighted by Crippen LogP contribution is -2.45. The summed E-state index contributed by atoms with van der Waals surface area (Å²) >= 11 is 0. The van der Waals surface area contributed by atoms with Crippen LogP contribution in [0.1, 0.15) is 53.6 Å². The van der Waals surface area contributed by atoms with Crippen LogP contribution in [0.3, 0.4) is 0 Å². The zero-order valence-corrected chi connectivity index (χ0v) is 17.6. The summed E-state index contributed by atoms with van der Waals surface area (Å²) in [4.78, 5) is 38.3. The number of alkyl halides is 3. The summed E-state index contributed by atoms with van der Waals surface area (Å²) < 4.78 is 41.6. The normalized spacial score (nSPS) is 17.3. The summed E-state index contributed by atoms with van der Waals surface area (Å²) in [6, 6.07) is 3.94. The van der Waals surface area contributed by atoms with Crippen LogP contribution in [0, 0.1) is 5.92 Å². The van der Waals surface area contributed by atoms with Gasteiger partial charge in [0.2, 0.25) is 5.91 Å². The van der Waals surface area contributed by atoms with Gasteiger partial charge in [-0.15, -0.1) is 0 Å². The lowest BCUT2D eigenvalue weighted by molar-refractivity contribution is -0.139. The molecule has 2 heterocycles. The van der Waals surface area contributed by atoms with E-state index in [1.807, 2.05) is 0 Å². The maximum atomic E-state index is 13.5. The van der Waals surface area contributed by atoms with Gasteiger partial charge in [0.15, 0.2) is 5.82 Å². The number of aliphatic carboxylic acids is 1. The maximum Gasteiger partial charge on any atom is 0.416 e. The number of halogens is 3. The number of benzene rings is 1. The Kier molecular flexibility index (Phi) is 6.13. The van der Waals surface area contributed by atoms with Gasteiger partial charge in [-0.1, -0.05) is 31.7 Å². The molecule has 2 aromatic rings. The number of fused-ring (bicyclic) bond motifs is 1. The molecule has 1 aromatic heterocycles. The number of nitrogens with zero attached hydrogens (tertiary/aromatic N) is 3. The summed E-state index contributed by atoms with van der Waals surface area (Å²) in [6.45, 7) is -0.691. The van der Waals surface area contributed by atoms with Crippen LogP contribution in [0.2, 0.25) is 0 Å². The van der Waals surface area contributed by atoms with Gasteiger partial charge >= 0.3 is 12.1 Å². The lowest BCUT2D eigenvalue weighted by Gasteiger charge is -2.29. The first-order valence-electron chi connectivity index (χ1n) is 10.7. The third-order valence-corrected chi connectivity index (χ3v) is 6.20. The standard InChI is InChI=1S/C22H23F3N4O4/c23-22(24,25)16-7-3-6-14-15(16)11-29(21(14)33)17(10-13-4-1-2-5-13)20(32)26-18-8-9-28(27-18)12-19(30)31/h3,6-9,13,17H,1-2,4-5,10-12H2,(H,30,31)(H,26,27,32)/t17-/m0/s1. The summed E-state index contributed by atoms with van der Waals surface area (Å²) in [5.74, 6) is -1.97. The summed E-state index contributed by atoms with van der Waals surface area (Å²) in [7, 11) is 0. The fraction of sp³-hybridized carbons (Fsp3) is 0.455. The smallest absolute Gasteiger partial charge is 0.416 e. The number of carboxylic acids is 1. The van der Waals surface area contributed by atoms with Crippen molar-refractivity contribution in [3.8, 4) is 0 Å². The van der Waals surface area contributed by atoms with E-state index in [9.17, 15) is 27.6 Å². The Bertz CT molecular complexity index is 1080. The lowest BCUT2D eigenvalue weighted by atomic mass is 9.96. The Labute approximate surface area is 187 Å². The topological polar surface area (TPSA) is 105 Å². The second-order valence-corrected chi connectivity index (χ2v) is 8.45. The molecule has 1 fully saturated rings. The highest BCUT2D eigenvalue weighted by Gasteiger charge is 2.43. The average molecular weight is 464 g/mol. The average Bonchev–Trinajstić information content (AvgIpc) is 3.46. The van der Waals surface area contributed by atoms with E-state index in [2.05, 4.69) is 10.4 Å². The van der Waals surface area contributed by atoms with Crippen LogP contribution in [-0.2, 0) is 28.9 Å². The van der Waals surface area contributed by atoms with E-state index < -0.39 is 35.6 Å². The van der Waals surface area contributed by atoms with Crippen LogP contribution in [0.4, 0.5) is 19.0 Å². The molecule has 33 heavy (non-hydrogen) atoms. The van der Waals surface area contributed by atoms with Gasteiger partial charge in [-0.25, -0.2) is 0 Å². The summed E-state index contributed by atoms with van der Waals surface area (Å²) in [5, 5.41) is 15.5. The van der Waals surface area contributed by atoms with Crippen LogP contribution < -0.4 is 5.32 Å². The number of amides is 2. The molecule has 1 atom stereocenters. The first kappa shape index (κ1) is 22.8. The largest absolute Gasteiger partial charge is 0.480 e. The minimum absolute atomic E-state index is 0.0419. The number of anilines is 1. The molecule has 1 saturated carbocycles. The first-order valence-corrected chi connectivity index (χ1v) is 10.7. The molecule has 2 N–H and O–H groups in total. The van der Waals surface area contributed by atoms with E-state index in [0.717, 1.165) is 36.4 Å². The highest BCUT2D eigenvalue weighted by atomic mass is 19.4. The Morgan fingerprint density at radius 2 is 1.94 bits per heavy atom. The van der Waals surface area contributed by atoms with E-state index in [1.54, 1.807) is 0 Å². The van der Waals surface area contributed by atoms with Gasteiger partial charge in [-0.3, -0.25) is 19.1 Å². The number of carbonyl (C=O) groups is 3. The molecule has 11 heteroatoms. The minimum Gasteiger partial charge on any atom is -0.480 e. The quantitative estimate of drug-likeness (QED) is 0.652. The highest BCUT2D eigenvalue weighted by molar-refractivity contribution is 6.03. The second-order valence-electron chi connectivity index (χ2n) is 8.45. The molecular formula is C22H23F3N4O4. The molecule has 2 aliphatic rings. The molecule has 1 aliphatic carbocycles. The molecule has 8 nitrogen and oxygen atoms in total. The van der Waals surface area contributed by atoms with Crippen LogP contribution in [0.25, 0.3) is 0 Å². The van der Waals surface area contributed by atoms with Crippen molar-refractivity contribution in [2.45, 2.75) is 57.4 Å². The number of nitrogens with one attached hydrogen (secondary N) is 1. The van der Waals surface area contributed by atoms with E-state index in [4.69, 9.17) is 5.11 Å². The Morgan fingerprint density at radius 1 is 1.21 bits per heavy atom. The number of aromatic nitrogens is 2. The van der Waals surface area contributed by atoms with Gasteiger partial charge < -0.3 is 15.3 Å². The van der Waals surface area contributed by atoms with Crippen molar-refractivity contribution in [1.82, 2.24) is 14.7 Å². The number of carboxylic acid groups (broad SMARTS) is 1. The van der Waals surface area contributed by atoms with Crippen LogP contribution in [-0.4, -0.2) is 43.6 Å². The van der Waals surface area contributed by atoms with E-state index in [1.165, 1.54) is 29.3 Å². The number of rotatable bonds is 7. The number of hydrogen-bond donors (Lipinski definition) is 2. The van der Waals surface area contributed by atoms with Crippen molar-refractivity contribution in [3.05, 3.63) is 47.2 Å². The molecule has 0 saturated heterocycles. The van der Waals surface area contributed by atoms with Crippen molar-refractivity contribution >= 4 is 23.6 Å². The third kappa shape index (κ3) is 4.86. The molecule has 1 aliphatic heterocycles. The molecule has 4 rings (SSSR count). The van der Waals surface area contributed by atoms with E-state index in [-0.39, 0.29) is 36.0 Å². The molecule has 0 unspecified atom stereocenters. The van der Waals surface area contributed by atoms with Crippen molar-refractivity contribution < 1.29 is 32.7 Å². The summed E-state index contributed by atoms with van der Waals surface area (Å²) in [6.07, 6.45) is 0.905. The minimum atomic E-state index is -4.61. The second kappa shape index (κ2) is 8.87. The Hall–Kier alpha value is -3.37. The first-order chi connectivity index (χ1) is 15.6. The van der Waals surface area contributed by atoms with Crippen molar-refractivity contribution in [3.63, 3.8) is 0 Å². The fourth-order valence-electron chi connectivity index (χ4n) is 4.67. The predicted octanol–water partition coefficient (Wildman–Crippen LogP) is 3.53. The van der Waals surface area contributed by atoms with Crippen molar-refractivity contribution in [1.29, 1.82) is 0 Å². The van der Waals surface area contributed by atoms with Crippen LogP contribution in [0.5, 0.6) is 0 Å². The molecule has 176 valence electrons. The molecule has 2 amide bonds. The molecular weight excluding hydrogens is 441 g/mol. The predicted molar refractivity (Wildman–Crippen MR) is 110 cm³/mol. The SMILES string of the molecule is O=C(O)Cn1ccc(NC(=O)[C@H](CC2CCCC2)N2Cc3c(cccc3C(F)(F)F)C2=O)n1. The Morgan fingerprint density at radius 3 is 2.61 bits per heavy atom. The van der Waals surface area contributed by atoms with E-state index >= 15 is 0 Å². The van der Waals surface area contributed by atoms with Gasteiger partial charge in [-0.2, -0.15) is 18.3 Å². The molecule has 0 radical (unpaired) electrons. The van der Waals surface area contributed by atoms with Gasteiger partial charge in [0.25, 0.3) is 5.91 Å². The maximum absolute atomic E-state index is 13.5. The van der Waals surface area contributed by atoms with Crippen LogP contribution >= 0.6 is 0 Å². The summed E-state index contributed by atoms with van der Waals surface area (Å²) in [5.41, 5.74) is -1.03. The highest BCUT2D eigenvalue weighted by Crippen LogP contribution is 2.39. The van der Waals surface area contributed by atoms with Gasteiger partial charge in [0.05, 0.1) is 5.56 Å². The number of carbonyl (C=O) groups excluding carboxylic acids is 2. The molecule has 1 aromatic carbocycles. The Balaban J connectivity index is 1.59. The molecule has 0 spiro atoms. The van der Waals surface area contributed by atoms with Crippen molar-refractivity contribution in [2.75, 3.05) is 5.32 Å². The van der Waals surface area contributed by atoms with Gasteiger partial charge in [0.1, 0.15) is 12.6 Å². The zero-order chi connectivity index (χ0) is 23.8. The monoisotopic (exact) mass is 464 g/mol. The fourth-order valence-corrected chi connectivity index (χ4v) is 4.67. The van der Waals surface area contributed by atoms with Gasteiger partial charge in [-0.05, 0) is 30.0 Å². The molecule has 0 bridgehead atoms. The zero-order valence-electron chi connectivity index (χ0n) is 17.6. The van der Waals surface area contributed by atoms with E-state index in [0.29, 0.717) is 6.42 Å².